The fraction of sp³-hybridized carbons (Fsp3) is 0.375. The van der Waals surface area contributed by atoms with Gasteiger partial charge in [-0.2, -0.15) is 0 Å². The van der Waals surface area contributed by atoms with E-state index in [-0.39, 0.29) is 0 Å². The Morgan fingerprint density at radius 3 is 2.52 bits per heavy atom. The number of rotatable bonds is 3. The Kier molecular flexibility index (Phi) is 4.22. The number of pyridine rings is 1. The number of hydrogen-bond acceptors (Lipinski definition) is 3. The first kappa shape index (κ1) is 16.9. The van der Waals surface area contributed by atoms with E-state index in [1.807, 2.05) is 18.5 Å². The number of benzene rings is 2. The second-order valence-corrected chi connectivity index (χ2v) is 8.27. The van der Waals surface area contributed by atoms with Crippen molar-refractivity contribution in [2.24, 2.45) is 0 Å². The van der Waals surface area contributed by atoms with Crippen LogP contribution in [0.4, 0.5) is 0 Å². The lowest BCUT2D eigenvalue weighted by molar-refractivity contribution is -0.0998. The third-order valence-corrected chi connectivity index (χ3v) is 6.55. The zero-order chi connectivity index (χ0) is 18.3. The Balaban J connectivity index is 1.44. The number of fused-ring (bicyclic) bond motifs is 3. The zero-order valence-electron chi connectivity index (χ0n) is 15.6. The highest BCUT2D eigenvalue weighted by atomic mass is 16.3. The summed E-state index contributed by atoms with van der Waals surface area (Å²) in [5.41, 5.74) is 1.72. The molecule has 0 radical (unpaired) electrons. The van der Waals surface area contributed by atoms with Crippen LogP contribution >= 0.6 is 0 Å². The van der Waals surface area contributed by atoms with Crippen molar-refractivity contribution in [2.45, 2.75) is 56.3 Å². The molecule has 0 saturated carbocycles. The molecular weight excluding hydrogens is 332 g/mol. The monoisotopic (exact) mass is 358 g/mol. The van der Waals surface area contributed by atoms with Gasteiger partial charge in [-0.3, -0.25) is 9.88 Å². The summed E-state index contributed by atoms with van der Waals surface area (Å²) in [6.07, 6.45) is 9.01. The minimum atomic E-state index is -0.722. The van der Waals surface area contributed by atoms with E-state index in [4.69, 9.17) is 0 Å². The molecule has 2 aromatic carbocycles. The molecule has 0 amide bonds. The van der Waals surface area contributed by atoms with Crippen molar-refractivity contribution in [2.75, 3.05) is 0 Å². The minimum absolute atomic E-state index is 0.454. The summed E-state index contributed by atoms with van der Waals surface area (Å²) in [6.45, 7) is 0.996. The molecule has 2 fully saturated rings. The van der Waals surface area contributed by atoms with Gasteiger partial charge in [-0.25, -0.2) is 0 Å². The first-order valence-corrected chi connectivity index (χ1v) is 10.1. The predicted octanol–water partition coefficient (Wildman–Crippen LogP) is 4.64. The number of hydrogen-bond donors (Lipinski definition) is 1. The third kappa shape index (κ3) is 3.15. The molecule has 3 aromatic rings. The summed E-state index contributed by atoms with van der Waals surface area (Å²) in [6, 6.07) is 20.1. The Hall–Kier alpha value is -2.23. The highest BCUT2D eigenvalue weighted by Crippen LogP contribution is 2.45. The molecule has 138 valence electrons. The molecule has 3 nitrogen and oxygen atoms in total. The lowest BCUT2D eigenvalue weighted by Gasteiger charge is -2.52. The highest BCUT2D eigenvalue weighted by molar-refractivity contribution is 5.82. The van der Waals surface area contributed by atoms with Gasteiger partial charge in [0.15, 0.2) is 0 Å². The Labute approximate surface area is 160 Å². The average Bonchev–Trinajstić information content (AvgIpc) is 2.69. The van der Waals surface area contributed by atoms with Crippen molar-refractivity contribution >= 4 is 10.8 Å². The highest BCUT2D eigenvalue weighted by Gasteiger charge is 2.46. The van der Waals surface area contributed by atoms with Gasteiger partial charge in [-0.05, 0) is 54.3 Å². The number of piperidine rings is 2. The predicted molar refractivity (Wildman–Crippen MR) is 108 cm³/mol. The van der Waals surface area contributed by atoms with E-state index in [2.05, 4.69) is 58.4 Å². The lowest BCUT2D eigenvalue weighted by atomic mass is 9.72. The van der Waals surface area contributed by atoms with Crippen molar-refractivity contribution in [1.29, 1.82) is 0 Å². The van der Waals surface area contributed by atoms with E-state index in [1.54, 1.807) is 0 Å². The molecule has 2 aliphatic heterocycles. The van der Waals surface area contributed by atoms with Crippen molar-refractivity contribution in [3.63, 3.8) is 0 Å². The second kappa shape index (κ2) is 6.74. The second-order valence-electron chi connectivity index (χ2n) is 8.27. The standard InChI is InChI=1S/C24H26N2O/c27-24(21-10-9-20-16-25-12-11-19(20)13-21)14-22-7-4-8-23(15-24)26(22)17-18-5-2-1-3-6-18/h1-3,5-6,9-13,16,22-23,27H,4,7-8,14-15,17H2. The molecule has 1 aromatic heterocycles. The Morgan fingerprint density at radius 2 is 1.74 bits per heavy atom. The van der Waals surface area contributed by atoms with Gasteiger partial charge in [0.25, 0.3) is 0 Å². The van der Waals surface area contributed by atoms with Gasteiger partial charge in [0.1, 0.15) is 0 Å². The molecule has 2 aliphatic rings. The molecule has 1 N–H and O–H groups in total. The van der Waals surface area contributed by atoms with Crippen LogP contribution in [0.25, 0.3) is 10.8 Å². The molecule has 5 rings (SSSR count). The van der Waals surface area contributed by atoms with Gasteiger partial charge in [-0.15, -0.1) is 0 Å². The topological polar surface area (TPSA) is 36.4 Å². The van der Waals surface area contributed by atoms with E-state index in [1.165, 1.54) is 24.8 Å². The number of nitrogens with zero attached hydrogens (tertiary/aromatic N) is 2. The van der Waals surface area contributed by atoms with Crippen LogP contribution < -0.4 is 0 Å². The summed E-state index contributed by atoms with van der Waals surface area (Å²) in [5, 5.41) is 13.9. The summed E-state index contributed by atoms with van der Waals surface area (Å²) in [4.78, 5) is 6.85. The third-order valence-electron chi connectivity index (χ3n) is 6.55. The van der Waals surface area contributed by atoms with Crippen molar-refractivity contribution in [3.05, 3.63) is 78.1 Å². The summed E-state index contributed by atoms with van der Waals surface area (Å²) in [5.74, 6) is 0. The van der Waals surface area contributed by atoms with E-state index in [9.17, 15) is 5.11 Å². The van der Waals surface area contributed by atoms with E-state index >= 15 is 0 Å². The summed E-state index contributed by atoms with van der Waals surface area (Å²) < 4.78 is 0. The Bertz CT molecular complexity index is 925. The molecule has 2 saturated heterocycles. The fourth-order valence-corrected chi connectivity index (χ4v) is 5.18. The maximum atomic E-state index is 11.6. The maximum Gasteiger partial charge on any atom is 0.0926 e. The molecule has 27 heavy (non-hydrogen) atoms. The molecule has 3 heteroatoms. The zero-order valence-corrected chi connectivity index (χ0v) is 15.6. The van der Waals surface area contributed by atoms with Gasteiger partial charge in [0.2, 0.25) is 0 Å². The van der Waals surface area contributed by atoms with Crippen LogP contribution in [0.2, 0.25) is 0 Å². The van der Waals surface area contributed by atoms with Gasteiger partial charge >= 0.3 is 0 Å². The summed E-state index contributed by atoms with van der Waals surface area (Å²) in [7, 11) is 0. The van der Waals surface area contributed by atoms with E-state index in [0.29, 0.717) is 12.1 Å². The normalized spacial score (nSPS) is 28.3. The van der Waals surface area contributed by atoms with Gasteiger partial charge in [0.05, 0.1) is 5.60 Å². The first-order chi connectivity index (χ1) is 13.2. The molecule has 0 spiro atoms. The van der Waals surface area contributed by atoms with Crippen molar-refractivity contribution < 1.29 is 5.11 Å². The van der Waals surface area contributed by atoms with Crippen LogP contribution in [0, 0.1) is 0 Å². The van der Waals surface area contributed by atoms with Crippen molar-refractivity contribution in [1.82, 2.24) is 9.88 Å². The summed E-state index contributed by atoms with van der Waals surface area (Å²) >= 11 is 0. The lowest BCUT2D eigenvalue weighted by Crippen LogP contribution is -2.56. The van der Waals surface area contributed by atoms with Crippen LogP contribution in [-0.2, 0) is 12.1 Å². The van der Waals surface area contributed by atoms with E-state index in [0.717, 1.165) is 35.7 Å². The molecule has 2 unspecified atom stereocenters. The van der Waals surface area contributed by atoms with Crippen molar-refractivity contribution in [3.8, 4) is 0 Å². The Morgan fingerprint density at radius 1 is 0.963 bits per heavy atom. The van der Waals surface area contributed by atoms with Gasteiger partial charge < -0.3 is 5.11 Å². The smallest absolute Gasteiger partial charge is 0.0926 e. The van der Waals surface area contributed by atoms with Gasteiger partial charge in [-0.1, -0.05) is 48.9 Å². The first-order valence-electron chi connectivity index (χ1n) is 10.1. The SMILES string of the molecule is OC1(c2ccc3cnccc3c2)CC2CCCC(C1)N2Cc1ccccc1. The van der Waals surface area contributed by atoms with Crippen LogP contribution in [0.3, 0.4) is 0 Å². The largest absolute Gasteiger partial charge is 0.385 e. The van der Waals surface area contributed by atoms with Crippen LogP contribution in [0.5, 0.6) is 0 Å². The van der Waals surface area contributed by atoms with Crippen LogP contribution in [-0.4, -0.2) is 27.1 Å². The van der Waals surface area contributed by atoms with Crippen LogP contribution in [0.15, 0.2) is 67.0 Å². The molecular formula is C24H26N2O. The van der Waals surface area contributed by atoms with Gasteiger partial charge in [0, 0.05) is 36.4 Å². The number of aliphatic hydroxyl groups is 1. The van der Waals surface area contributed by atoms with E-state index < -0.39 is 5.60 Å². The van der Waals surface area contributed by atoms with Crippen LogP contribution in [0.1, 0.15) is 43.2 Å². The molecule has 0 aliphatic carbocycles. The molecule has 3 heterocycles. The minimum Gasteiger partial charge on any atom is -0.385 e. The quantitative estimate of drug-likeness (QED) is 0.741. The average molecular weight is 358 g/mol. The maximum absolute atomic E-state index is 11.6. The fourth-order valence-electron chi connectivity index (χ4n) is 5.18. The number of aromatic nitrogens is 1. The molecule has 2 atom stereocenters. The molecule has 2 bridgehead atoms.